The van der Waals surface area contributed by atoms with E-state index in [9.17, 15) is 14.4 Å². The first-order valence-electron chi connectivity index (χ1n) is 15.2. The fraction of sp³-hybridized carbons (Fsp3) is 0.515. The highest BCUT2D eigenvalue weighted by molar-refractivity contribution is 6.31. The Hall–Kier alpha value is -3.63. The quantitative estimate of drug-likeness (QED) is 0.183. The second-order valence-electron chi connectivity index (χ2n) is 12.6. The zero-order valence-electron chi connectivity index (χ0n) is 26.6. The van der Waals surface area contributed by atoms with Crippen molar-refractivity contribution in [3.05, 3.63) is 64.4 Å². The standard InChI is InChI=1S/C33H45ClN6O4/c1-8-36-29(41)26(19(2)3)39-30(42)33(5,18-44-7)20-13-14-23-24(17-20)38-28(37-23)27(40-31(43)35-6)25(32(4)15-16-32)21-11-9-10-12-22(21)34/h9-14,17,19,25-27H,8,15-16,18H2,1-7H3,(H,36,41)(H,37,38)(H,39,42)(H2,35,40,43)/t25-,26+,27-,33?/m0/s1. The lowest BCUT2D eigenvalue weighted by molar-refractivity contribution is -0.134. The van der Waals surface area contributed by atoms with E-state index in [1.54, 1.807) is 21.1 Å². The predicted molar refractivity (Wildman–Crippen MR) is 173 cm³/mol. The molecule has 4 atom stereocenters. The van der Waals surface area contributed by atoms with Gasteiger partial charge in [-0.1, -0.05) is 56.6 Å². The number of aromatic nitrogens is 2. The molecule has 4 rings (SSSR count). The normalized spacial score (nSPS) is 17.3. The van der Waals surface area contributed by atoms with E-state index >= 15 is 0 Å². The molecule has 1 aliphatic carbocycles. The first kappa shape index (κ1) is 33.3. The van der Waals surface area contributed by atoms with Crippen molar-refractivity contribution in [1.82, 2.24) is 31.2 Å². The first-order chi connectivity index (χ1) is 20.9. The number of benzene rings is 2. The lowest BCUT2D eigenvalue weighted by Crippen LogP contribution is -2.55. The zero-order chi connectivity index (χ0) is 32.2. The van der Waals surface area contributed by atoms with Crippen molar-refractivity contribution in [2.45, 2.75) is 70.9 Å². The van der Waals surface area contributed by atoms with Crippen molar-refractivity contribution >= 4 is 40.5 Å². The number of likely N-dealkylation sites (N-methyl/N-ethyl adjacent to an activating group) is 1. The summed E-state index contributed by atoms with van der Waals surface area (Å²) in [5.74, 6) is -0.202. The number of carbonyl (C=O) groups excluding carboxylic acids is 3. The number of H-pyrrole nitrogens is 1. The van der Waals surface area contributed by atoms with Gasteiger partial charge in [-0.3, -0.25) is 9.59 Å². The van der Waals surface area contributed by atoms with Gasteiger partial charge in [-0.25, -0.2) is 9.78 Å². The fourth-order valence-corrected chi connectivity index (χ4v) is 6.18. The topological polar surface area (TPSA) is 137 Å². The molecular formula is C33H45ClN6O4. The number of amides is 4. The molecule has 0 bridgehead atoms. The Morgan fingerprint density at radius 2 is 1.84 bits per heavy atom. The third kappa shape index (κ3) is 6.86. The van der Waals surface area contributed by atoms with Gasteiger partial charge >= 0.3 is 6.03 Å². The number of aromatic amines is 1. The highest BCUT2D eigenvalue weighted by Crippen LogP contribution is 2.60. The molecule has 238 valence electrons. The van der Waals surface area contributed by atoms with Crippen LogP contribution in [0.15, 0.2) is 42.5 Å². The second-order valence-corrected chi connectivity index (χ2v) is 13.0. The number of nitrogens with zero attached hydrogens (tertiary/aromatic N) is 1. The third-order valence-electron chi connectivity index (χ3n) is 8.83. The molecule has 0 spiro atoms. The summed E-state index contributed by atoms with van der Waals surface area (Å²) in [5.41, 5.74) is 1.87. The van der Waals surface area contributed by atoms with Crippen molar-refractivity contribution in [2.24, 2.45) is 11.3 Å². The van der Waals surface area contributed by atoms with E-state index in [0.717, 1.165) is 18.4 Å². The van der Waals surface area contributed by atoms with Crippen LogP contribution in [0.2, 0.25) is 5.02 Å². The van der Waals surface area contributed by atoms with Crippen molar-refractivity contribution in [3.8, 4) is 0 Å². The average Bonchev–Trinajstić information content (AvgIpc) is 3.58. The van der Waals surface area contributed by atoms with E-state index in [2.05, 4.69) is 33.2 Å². The number of urea groups is 1. The van der Waals surface area contributed by atoms with Gasteiger partial charge < -0.3 is 31.0 Å². The number of fused-ring (bicyclic) bond motifs is 1. The highest BCUT2D eigenvalue weighted by atomic mass is 35.5. The number of nitrogens with one attached hydrogen (secondary N) is 5. The Morgan fingerprint density at radius 3 is 2.43 bits per heavy atom. The smallest absolute Gasteiger partial charge is 0.315 e. The van der Waals surface area contributed by atoms with Crippen LogP contribution in [0.4, 0.5) is 4.79 Å². The van der Waals surface area contributed by atoms with Crippen molar-refractivity contribution in [3.63, 3.8) is 0 Å². The lowest BCUT2D eigenvalue weighted by atomic mass is 9.78. The maximum absolute atomic E-state index is 13.8. The van der Waals surface area contributed by atoms with Gasteiger partial charge in [0.1, 0.15) is 11.9 Å². The number of carbonyl (C=O) groups is 3. The largest absolute Gasteiger partial charge is 0.383 e. The SMILES string of the molecule is CCNC(=O)[C@H](NC(=O)C(C)(COC)c1ccc2nc([C@@H](NC(=O)NC)[C@H](c3ccccc3Cl)C3(C)CC3)[nH]c2c1)C(C)C. The van der Waals surface area contributed by atoms with Crippen LogP contribution in [0, 0.1) is 11.3 Å². The maximum Gasteiger partial charge on any atom is 0.315 e. The number of halogens is 1. The molecule has 3 aromatic rings. The molecule has 44 heavy (non-hydrogen) atoms. The monoisotopic (exact) mass is 624 g/mol. The molecule has 1 heterocycles. The van der Waals surface area contributed by atoms with Gasteiger partial charge in [0, 0.05) is 31.6 Å². The molecule has 11 heteroatoms. The number of ether oxygens (including phenoxy) is 1. The van der Waals surface area contributed by atoms with Crippen LogP contribution in [-0.2, 0) is 19.7 Å². The van der Waals surface area contributed by atoms with Crippen LogP contribution < -0.4 is 21.3 Å². The van der Waals surface area contributed by atoms with Crippen LogP contribution >= 0.6 is 11.6 Å². The van der Waals surface area contributed by atoms with Crippen LogP contribution in [0.1, 0.15) is 76.4 Å². The molecule has 1 aromatic heterocycles. The van der Waals surface area contributed by atoms with Crippen LogP contribution in [-0.4, -0.2) is 61.2 Å². The van der Waals surface area contributed by atoms with Gasteiger partial charge in [0.15, 0.2) is 0 Å². The summed E-state index contributed by atoms with van der Waals surface area (Å²) < 4.78 is 5.53. The Morgan fingerprint density at radius 1 is 1.14 bits per heavy atom. The molecular weight excluding hydrogens is 580 g/mol. The minimum atomic E-state index is -1.10. The summed E-state index contributed by atoms with van der Waals surface area (Å²) in [6.45, 7) is 10.2. The highest BCUT2D eigenvalue weighted by Gasteiger charge is 2.51. The Bertz CT molecular complexity index is 1500. The van der Waals surface area contributed by atoms with Gasteiger partial charge in [-0.15, -0.1) is 0 Å². The Balaban J connectivity index is 1.75. The molecule has 1 unspecified atom stereocenters. The zero-order valence-corrected chi connectivity index (χ0v) is 27.4. The van der Waals surface area contributed by atoms with Gasteiger partial charge in [0.2, 0.25) is 11.8 Å². The summed E-state index contributed by atoms with van der Waals surface area (Å²) >= 11 is 6.72. The number of hydrogen-bond acceptors (Lipinski definition) is 5. The summed E-state index contributed by atoms with van der Waals surface area (Å²) in [5, 5.41) is 12.2. The van der Waals surface area contributed by atoms with E-state index in [0.29, 0.717) is 34.0 Å². The van der Waals surface area contributed by atoms with Crippen molar-refractivity contribution in [2.75, 3.05) is 27.3 Å². The summed E-state index contributed by atoms with van der Waals surface area (Å²) in [7, 11) is 3.13. The molecule has 4 amide bonds. The molecule has 1 aliphatic rings. The summed E-state index contributed by atoms with van der Waals surface area (Å²) in [4.78, 5) is 47.7. The summed E-state index contributed by atoms with van der Waals surface area (Å²) in [6, 6.07) is 11.8. The predicted octanol–water partition coefficient (Wildman–Crippen LogP) is 4.95. The summed E-state index contributed by atoms with van der Waals surface area (Å²) in [6.07, 6.45) is 1.99. The number of hydrogen-bond donors (Lipinski definition) is 5. The minimum Gasteiger partial charge on any atom is -0.383 e. The lowest BCUT2D eigenvalue weighted by Gasteiger charge is -2.32. The molecule has 1 fully saturated rings. The first-order valence-corrected chi connectivity index (χ1v) is 15.6. The van der Waals surface area contributed by atoms with Gasteiger partial charge in [-0.05, 0) is 67.3 Å². The number of imidazole rings is 1. The second kappa shape index (κ2) is 13.6. The van der Waals surface area contributed by atoms with Crippen molar-refractivity contribution < 1.29 is 19.1 Å². The van der Waals surface area contributed by atoms with E-state index in [4.69, 9.17) is 21.3 Å². The average molecular weight is 625 g/mol. The number of rotatable bonds is 13. The molecule has 10 nitrogen and oxygen atoms in total. The van der Waals surface area contributed by atoms with Crippen molar-refractivity contribution in [1.29, 1.82) is 0 Å². The van der Waals surface area contributed by atoms with Crippen LogP contribution in [0.3, 0.4) is 0 Å². The molecule has 0 aliphatic heterocycles. The van der Waals surface area contributed by atoms with E-state index < -0.39 is 17.5 Å². The van der Waals surface area contributed by atoms with Gasteiger partial charge in [0.25, 0.3) is 0 Å². The van der Waals surface area contributed by atoms with E-state index in [1.165, 1.54) is 0 Å². The van der Waals surface area contributed by atoms with Crippen LogP contribution in [0.25, 0.3) is 11.0 Å². The fourth-order valence-electron chi connectivity index (χ4n) is 5.92. The molecule has 2 aromatic carbocycles. The van der Waals surface area contributed by atoms with E-state index in [1.807, 2.05) is 63.2 Å². The Labute approximate surface area is 264 Å². The van der Waals surface area contributed by atoms with E-state index in [-0.39, 0.29) is 41.7 Å². The molecule has 0 radical (unpaired) electrons. The maximum atomic E-state index is 13.8. The third-order valence-corrected chi connectivity index (χ3v) is 9.17. The Kier molecular flexibility index (Phi) is 10.3. The number of methoxy groups -OCH3 is 1. The van der Waals surface area contributed by atoms with Gasteiger partial charge in [-0.2, -0.15) is 0 Å². The minimum absolute atomic E-state index is 0.0764. The van der Waals surface area contributed by atoms with Crippen LogP contribution in [0.5, 0.6) is 0 Å². The van der Waals surface area contributed by atoms with Gasteiger partial charge in [0.05, 0.1) is 29.1 Å². The molecule has 0 saturated heterocycles. The molecule has 5 N–H and O–H groups in total. The molecule has 1 saturated carbocycles.